The van der Waals surface area contributed by atoms with Crippen LogP contribution in [0.25, 0.3) is 0 Å². The van der Waals surface area contributed by atoms with Crippen LogP contribution in [0.4, 0.5) is 0 Å². The highest BCUT2D eigenvalue weighted by molar-refractivity contribution is 5.81. The summed E-state index contributed by atoms with van der Waals surface area (Å²) < 4.78 is 2.03. The number of amides is 1. The lowest BCUT2D eigenvalue weighted by Crippen LogP contribution is -2.50. The van der Waals surface area contributed by atoms with E-state index in [1.807, 2.05) is 48.4 Å². The number of carbonyl (C=O) groups excluding carboxylic acids is 1. The zero-order chi connectivity index (χ0) is 17.7. The van der Waals surface area contributed by atoms with Crippen LogP contribution in [0.3, 0.4) is 0 Å². The largest absolute Gasteiger partial charge is 0.369 e. The Balaban J connectivity index is 1.62. The first-order valence-electron chi connectivity index (χ1n) is 8.97. The van der Waals surface area contributed by atoms with Crippen molar-refractivity contribution in [3.8, 4) is 0 Å². The summed E-state index contributed by atoms with van der Waals surface area (Å²) in [5, 5.41) is 0. The predicted molar refractivity (Wildman–Crippen MR) is 96.5 cm³/mol. The predicted octanol–water partition coefficient (Wildman–Crippen LogP) is 1.91. The fourth-order valence-corrected chi connectivity index (χ4v) is 3.79. The Hall–Kier alpha value is -2.21. The number of carbonyl (C=O) groups is 1. The van der Waals surface area contributed by atoms with Gasteiger partial charge in [0.05, 0.1) is 12.0 Å². The molecule has 25 heavy (non-hydrogen) atoms. The fourth-order valence-electron chi connectivity index (χ4n) is 3.79. The van der Waals surface area contributed by atoms with Gasteiger partial charge in [0.15, 0.2) is 0 Å². The van der Waals surface area contributed by atoms with Crippen molar-refractivity contribution in [3.63, 3.8) is 0 Å². The second-order valence-electron chi connectivity index (χ2n) is 7.09. The number of piperidine rings is 1. The standard InChI is InChI=1S/C19H27N5O/c1-23-13-11-22-17(23)14-24-12-5-9-19(15-24,18(20)25)8-4-7-16-6-2-3-10-21-16/h2-3,6,10-11,13H,4-5,7-9,12,14-15H2,1H3,(H2,20,25). The van der Waals surface area contributed by atoms with Crippen molar-refractivity contribution in [2.75, 3.05) is 13.1 Å². The maximum absolute atomic E-state index is 12.3. The lowest BCUT2D eigenvalue weighted by Gasteiger charge is -2.40. The van der Waals surface area contributed by atoms with Crippen molar-refractivity contribution in [1.29, 1.82) is 0 Å². The van der Waals surface area contributed by atoms with Crippen LogP contribution < -0.4 is 5.73 Å². The molecule has 1 unspecified atom stereocenters. The third-order valence-corrected chi connectivity index (χ3v) is 5.28. The Morgan fingerprint density at radius 1 is 1.32 bits per heavy atom. The second kappa shape index (κ2) is 7.78. The van der Waals surface area contributed by atoms with Gasteiger partial charge in [0, 0.05) is 37.9 Å². The number of pyridine rings is 1. The number of likely N-dealkylation sites (tertiary alicyclic amines) is 1. The van der Waals surface area contributed by atoms with E-state index in [2.05, 4.69) is 14.9 Å². The molecule has 0 spiro atoms. The van der Waals surface area contributed by atoms with Gasteiger partial charge in [0.25, 0.3) is 0 Å². The third kappa shape index (κ3) is 4.25. The number of imidazole rings is 1. The summed E-state index contributed by atoms with van der Waals surface area (Å²) in [6, 6.07) is 5.96. The number of nitrogens with two attached hydrogens (primary N) is 1. The Morgan fingerprint density at radius 3 is 2.88 bits per heavy atom. The quantitative estimate of drug-likeness (QED) is 0.834. The van der Waals surface area contributed by atoms with E-state index in [-0.39, 0.29) is 5.91 Å². The smallest absolute Gasteiger partial charge is 0.224 e. The summed E-state index contributed by atoms with van der Waals surface area (Å²) in [7, 11) is 2.00. The van der Waals surface area contributed by atoms with Crippen LogP contribution in [0, 0.1) is 5.41 Å². The van der Waals surface area contributed by atoms with Gasteiger partial charge in [-0.25, -0.2) is 4.98 Å². The number of nitrogens with zero attached hydrogens (tertiary/aromatic N) is 4. The first-order chi connectivity index (χ1) is 12.1. The Morgan fingerprint density at radius 2 is 2.20 bits per heavy atom. The minimum absolute atomic E-state index is 0.168. The second-order valence-corrected chi connectivity index (χ2v) is 7.09. The summed E-state index contributed by atoms with van der Waals surface area (Å²) in [6.45, 7) is 2.47. The summed E-state index contributed by atoms with van der Waals surface area (Å²) in [6.07, 6.45) is 10.1. The zero-order valence-corrected chi connectivity index (χ0v) is 14.9. The molecule has 2 aromatic rings. The Bertz CT molecular complexity index is 699. The number of hydrogen-bond acceptors (Lipinski definition) is 4. The van der Waals surface area contributed by atoms with Crippen LogP contribution in [0.2, 0.25) is 0 Å². The molecule has 0 aliphatic carbocycles. The van der Waals surface area contributed by atoms with Crippen molar-refractivity contribution in [1.82, 2.24) is 19.4 Å². The zero-order valence-electron chi connectivity index (χ0n) is 14.9. The van der Waals surface area contributed by atoms with Gasteiger partial charge in [-0.3, -0.25) is 14.7 Å². The highest BCUT2D eigenvalue weighted by Crippen LogP contribution is 2.35. The van der Waals surface area contributed by atoms with Crippen molar-refractivity contribution in [3.05, 3.63) is 48.3 Å². The number of hydrogen-bond donors (Lipinski definition) is 1. The minimum Gasteiger partial charge on any atom is -0.369 e. The lowest BCUT2D eigenvalue weighted by molar-refractivity contribution is -0.131. The van der Waals surface area contributed by atoms with Gasteiger partial charge in [-0.05, 0) is 50.8 Å². The van der Waals surface area contributed by atoms with Gasteiger partial charge < -0.3 is 10.3 Å². The molecule has 0 aromatic carbocycles. The highest BCUT2D eigenvalue weighted by Gasteiger charge is 2.40. The highest BCUT2D eigenvalue weighted by atomic mass is 16.1. The summed E-state index contributed by atoms with van der Waals surface area (Å²) >= 11 is 0. The van der Waals surface area contributed by atoms with Gasteiger partial charge in [0.2, 0.25) is 5.91 Å². The Labute approximate surface area is 149 Å². The van der Waals surface area contributed by atoms with Crippen LogP contribution in [-0.4, -0.2) is 38.4 Å². The van der Waals surface area contributed by atoms with Gasteiger partial charge in [-0.1, -0.05) is 6.07 Å². The maximum Gasteiger partial charge on any atom is 0.224 e. The molecule has 134 valence electrons. The average Bonchev–Trinajstić information content (AvgIpc) is 3.01. The molecule has 3 rings (SSSR count). The molecule has 6 nitrogen and oxygen atoms in total. The SMILES string of the molecule is Cn1ccnc1CN1CCCC(CCCc2ccccn2)(C(N)=O)C1. The van der Waals surface area contributed by atoms with Gasteiger partial charge in [-0.2, -0.15) is 0 Å². The number of aryl methyl sites for hydroxylation is 2. The molecule has 6 heteroatoms. The van der Waals surface area contributed by atoms with E-state index in [9.17, 15) is 4.79 Å². The summed E-state index contributed by atoms with van der Waals surface area (Å²) in [4.78, 5) is 23.4. The monoisotopic (exact) mass is 341 g/mol. The van der Waals surface area contributed by atoms with Crippen molar-refractivity contribution < 1.29 is 4.79 Å². The third-order valence-electron chi connectivity index (χ3n) is 5.28. The van der Waals surface area contributed by atoms with Gasteiger partial charge >= 0.3 is 0 Å². The van der Waals surface area contributed by atoms with E-state index in [4.69, 9.17) is 5.73 Å². The van der Waals surface area contributed by atoms with Crippen molar-refractivity contribution in [2.24, 2.45) is 18.2 Å². The minimum atomic E-state index is -0.432. The van der Waals surface area contributed by atoms with Crippen LogP contribution in [0.5, 0.6) is 0 Å². The van der Waals surface area contributed by atoms with E-state index in [0.717, 1.165) is 63.3 Å². The molecule has 1 amide bonds. The first kappa shape index (κ1) is 17.6. The Kier molecular flexibility index (Phi) is 5.48. The average molecular weight is 341 g/mol. The molecule has 1 fully saturated rings. The van der Waals surface area contributed by atoms with Crippen LogP contribution in [0.1, 0.15) is 37.2 Å². The molecule has 2 aromatic heterocycles. The summed E-state index contributed by atoms with van der Waals surface area (Å²) in [5.74, 6) is 0.854. The number of rotatable bonds is 7. The lowest BCUT2D eigenvalue weighted by atomic mass is 9.75. The molecule has 1 aliphatic rings. The molecule has 1 saturated heterocycles. The number of aromatic nitrogens is 3. The van der Waals surface area contributed by atoms with Crippen LogP contribution in [0.15, 0.2) is 36.8 Å². The van der Waals surface area contributed by atoms with E-state index < -0.39 is 5.41 Å². The molecule has 0 bridgehead atoms. The first-order valence-corrected chi connectivity index (χ1v) is 8.97. The van der Waals surface area contributed by atoms with Crippen LogP contribution in [-0.2, 0) is 24.8 Å². The molecule has 1 aliphatic heterocycles. The van der Waals surface area contributed by atoms with E-state index in [0.29, 0.717) is 0 Å². The summed E-state index contributed by atoms with van der Waals surface area (Å²) in [5.41, 5.74) is 6.48. The molecule has 0 saturated carbocycles. The van der Waals surface area contributed by atoms with E-state index >= 15 is 0 Å². The van der Waals surface area contributed by atoms with Crippen molar-refractivity contribution >= 4 is 5.91 Å². The number of primary amides is 1. The molecular weight excluding hydrogens is 314 g/mol. The van der Waals surface area contributed by atoms with Crippen LogP contribution >= 0.6 is 0 Å². The fraction of sp³-hybridized carbons (Fsp3) is 0.526. The van der Waals surface area contributed by atoms with Gasteiger partial charge in [0.1, 0.15) is 5.82 Å². The van der Waals surface area contributed by atoms with E-state index in [1.54, 1.807) is 0 Å². The molecular formula is C19H27N5O. The molecule has 1 atom stereocenters. The van der Waals surface area contributed by atoms with E-state index in [1.165, 1.54) is 0 Å². The molecule has 0 radical (unpaired) electrons. The normalized spacial score (nSPS) is 21.3. The van der Waals surface area contributed by atoms with Gasteiger partial charge in [-0.15, -0.1) is 0 Å². The molecule has 3 heterocycles. The maximum atomic E-state index is 12.3. The van der Waals surface area contributed by atoms with Crippen molar-refractivity contribution in [2.45, 2.75) is 38.6 Å². The molecule has 2 N–H and O–H groups in total. The topological polar surface area (TPSA) is 77.0 Å².